The van der Waals surface area contributed by atoms with Gasteiger partial charge in [0.2, 0.25) is 5.95 Å². The molecule has 0 unspecified atom stereocenters. The topological polar surface area (TPSA) is 89.7 Å². The number of nitrogens with zero attached hydrogens (tertiary/aromatic N) is 4. The third-order valence-electron chi connectivity index (χ3n) is 6.57. The van der Waals surface area contributed by atoms with Crippen molar-refractivity contribution < 1.29 is 19.4 Å². The molecule has 1 atom stereocenters. The van der Waals surface area contributed by atoms with Crippen LogP contribution in [0.1, 0.15) is 22.9 Å². The summed E-state index contributed by atoms with van der Waals surface area (Å²) in [6, 6.07) is 9.48. The summed E-state index contributed by atoms with van der Waals surface area (Å²) in [5.41, 5.74) is 5.78. The largest absolute Gasteiger partial charge is 0.494 e. The molecule has 35 heavy (non-hydrogen) atoms. The minimum atomic E-state index is -1.48. The minimum absolute atomic E-state index is 0.485. The molecule has 0 aliphatic carbocycles. The summed E-state index contributed by atoms with van der Waals surface area (Å²) < 4.78 is 12.4. The Kier molecular flexibility index (Phi) is 5.86. The van der Waals surface area contributed by atoms with Crippen molar-refractivity contribution in [1.29, 1.82) is 0 Å². The standard InChI is InChI=1S/C26H25ClN4O4/c1-14-11-19-21(16-5-7-17(27)8-6-16)20(24(32)25(33)35-4)15(2)22-23(19)30(14)9-10-31(22)26-28-12-18(34-3)13-29-26/h5-8,11-13,24,32H,9-10H2,1-4H3/t24-/m0/s1. The third kappa shape index (κ3) is 3.69. The van der Waals surface area contributed by atoms with E-state index in [9.17, 15) is 9.90 Å². The molecule has 1 N–H and O–H groups in total. The van der Waals surface area contributed by atoms with Crippen LogP contribution in [-0.2, 0) is 16.1 Å². The van der Waals surface area contributed by atoms with Crippen LogP contribution in [0.25, 0.3) is 22.0 Å². The molecule has 9 heteroatoms. The summed E-state index contributed by atoms with van der Waals surface area (Å²) >= 11 is 6.16. The molecule has 180 valence electrons. The Hall–Kier alpha value is -3.62. The second-order valence-corrected chi connectivity index (χ2v) is 8.91. The normalized spacial score (nSPS) is 13.7. The van der Waals surface area contributed by atoms with Crippen LogP contribution in [0.4, 0.5) is 11.6 Å². The maximum Gasteiger partial charge on any atom is 0.339 e. The smallest absolute Gasteiger partial charge is 0.339 e. The van der Waals surface area contributed by atoms with E-state index in [2.05, 4.69) is 27.5 Å². The first-order chi connectivity index (χ1) is 16.8. The first-order valence-corrected chi connectivity index (χ1v) is 11.5. The van der Waals surface area contributed by atoms with Gasteiger partial charge in [-0.2, -0.15) is 0 Å². The van der Waals surface area contributed by atoms with Crippen LogP contribution in [0.3, 0.4) is 0 Å². The average molecular weight is 493 g/mol. The van der Waals surface area contributed by atoms with Gasteiger partial charge in [-0.15, -0.1) is 0 Å². The molecule has 0 saturated carbocycles. The van der Waals surface area contributed by atoms with Crippen molar-refractivity contribution in [2.24, 2.45) is 0 Å². The summed E-state index contributed by atoms with van der Waals surface area (Å²) in [6.45, 7) is 5.32. The lowest BCUT2D eigenvalue weighted by molar-refractivity contribution is -0.150. The fraction of sp³-hybridized carbons (Fsp3) is 0.269. The summed E-state index contributed by atoms with van der Waals surface area (Å²) in [5, 5.41) is 12.7. The number of aliphatic hydroxyl groups excluding tert-OH is 1. The van der Waals surface area contributed by atoms with E-state index in [4.69, 9.17) is 21.1 Å². The average Bonchev–Trinajstić information content (AvgIpc) is 3.22. The maximum atomic E-state index is 12.6. The zero-order valence-corrected chi connectivity index (χ0v) is 20.6. The van der Waals surface area contributed by atoms with Gasteiger partial charge < -0.3 is 24.0 Å². The molecule has 5 rings (SSSR count). The van der Waals surface area contributed by atoms with E-state index in [1.165, 1.54) is 7.11 Å². The molecule has 0 bridgehead atoms. The highest BCUT2D eigenvalue weighted by atomic mass is 35.5. The first-order valence-electron chi connectivity index (χ1n) is 11.2. The fourth-order valence-electron chi connectivity index (χ4n) is 4.94. The first kappa shape index (κ1) is 23.1. The van der Waals surface area contributed by atoms with Gasteiger partial charge >= 0.3 is 5.97 Å². The maximum absolute atomic E-state index is 12.6. The van der Waals surface area contributed by atoms with E-state index in [-0.39, 0.29) is 0 Å². The van der Waals surface area contributed by atoms with Gasteiger partial charge in [-0.3, -0.25) is 0 Å². The molecular weight excluding hydrogens is 468 g/mol. The van der Waals surface area contributed by atoms with Crippen molar-refractivity contribution in [2.45, 2.75) is 26.5 Å². The van der Waals surface area contributed by atoms with Gasteiger partial charge in [-0.05, 0) is 48.7 Å². The van der Waals surface area contributed by atoms with Gasteiger partial charge in [0, 0.05) is 34.8 Å². The van der Waals surface area contributed by atoms with Gasteiger partial charge in [-0.1, -0.05) is 23.7 Å². The molecule has 1 aliphatic rings. The zero-order chi connectivity index (χ0) is 24.9. The SMILES string of the molecule is COC(=O)[C@@H](O)c1c(C)c2c3c(cc(C)n3CCN2c2ncc(OC)cn2)c1-c1ccc(Cl)cc1. The Morgan fingerprint density at radius 1 is 1.11 bits per heavy atom. The number of benzene rings is 2. The van der Waals surface area contributed by atoms with Gasteiger partial charge in [-0.25, -0.2) is 14.8 Å². The lowest BCUT2D eigenvalue weighted by atomic mass is 9.87. The summed E-state index contributed by atoms with van der Waals surface area (Å²) in [7, 11) is 2.84. The molecule has 0 saturated heterocycles. The number of aromatic nitrogens is 3. The highest BCUT2D eigenvalue weighted by Gasteiger charge is 2.34. The number of hydrogen-bond donors (Lipinski definition) is 1. The van der Waals surface area contributed by atoms with E-state index in [0.29, 0.717) is 28.8 Å². The molecule has 0 radical (unpaired) electrons. The molecule has 4 aromatic rings. The van der Waals surface area contributed by atoms with Crippen molar-refractivity contribution in [3.05, 3.63) is 64.6 Å². The Labute approximate surface area is 207 Å². The van der Waals surface area contributed by atoms with E-state index in [0.717, 1.165) is 45.5 Å². The Bertz CT molecular complexity index is 1430. The van der Waals surface area contributed by atoms with Crippen LogP contribution in [-0.4, -0.2) is 46.4 Å². The van der Waals surface area contributed by atoms with E-state index >= 15 is 0 Å². The molecule has 0 amide bonds. The summed E-state index contributed by atoms with van der Waals surface area (Å²) in [4.78, 5) is 23.6. The number of anilines is 2. The number of ether oxygens (including phenoxy) is 2. The van der Waals surface area contributed by atoms with Gasteiger partial charge in [0.05, 0.1) is 37.8 Å². The number of halogens is 1. The monoisotopic (exact) mass is 492 g/mol. The van der Waals surface area contributed by atoms with Gasteiger partial charge in [0.15, 0.2) is 11.9 Å². The predicted molar refractivity (Wildman–Crippen MR) is 134 cm³/mol. The summed E-state index contributed by atoms with van der Waals surface area (Å²) in [5.74, 6) is 0.346. The van der Waals surface area contributed by atoms with Gasteiger partial charge in [0.1, 0.15) is 0 Å². The molecule has 1 aliphatic heterocycles. The summed E-state index contributed by atoms with van der Waals surface area (Å²) in [6.07, 6.45) is 1.77. The highest BCUT2D eigenvalue weighted by Crippen LogP contribution is 2.48. The van der Waals surface area contributed by atoms with E-state index in [1.54, 1.807) is 31.6 Å². The second kappa shape index (κ2) is 8.87. The number of aliphatic hydroxyl groups is 1. The Balaban J connectivity index is 1.86. The zero-order valence-electron chi connectivity index (χ0n) is 19.9. The number of esters is 1. The third-order valence-corrected chi connectivity index (χ3v) is 6.82. The number of aryl methyl sites for hydroxylation is 1. The lowest BCUT2D eigenvalue weighted by Gasteiger charge is -2.33. The minimum Gasteiger partial charge on any atom is -0.494 e. The van der Waals surface area contributed by atoms with Crippen LogP contribution in [0.2, 0.25) is 5.02 Å². The van der Waals surface area contributed by atoms with Gasteiger partial charge in [0.25, 0.3) is 0 Å². The molecule has 3 heterocycles. The Morgan fingerprint density at radius 3 is 2.43 bits per heavy atom. The molecule has 8 nitrogen and oxygen atoms in total. The number of carbonyl (C=O) groups is 1. The molecule has 2 aromatic carbocycles. The second-order valence-electron chi connectivity index (χ2n) is 8.47. The quantitative estimate of drug-likeness (QED) is 0.402. The predicted octanol–water partition coefficient (Wildman–Crippen LogP) is 4.74. The fourth-order valence-corrected chi connectivity index (χ4v) is 5.07. The lowest BCUT2D eigenvalue weighted by Crippen LogP contribution is -2.30. The number of carbonyl (C=O) groups excluding carboxylic acids is 1. The number of hydrogen-bond acceptors (Lipinski definition) is 7. The number of rotatable bonds is 5. The molecule has 2 aromatic heterocycles. The van der Waals surface area contributed by atoms with Crippen molar-refractivity contribution in [2.75, 3.05) is 25.7 Å². The van der Waals surface area contributed by atoms with Crippen LogP contribution < -0.4 is 9.64 Å². The molecule has 0 fully saturated rings. The van der Waals surface area contributed by atoms with Crippen molar-refractivity contribution in [3.63, 3.8) is 0 Å². The van der Waals surface area contributed by atoms with Crippen molar-refractivity contribution in [3.8, 4) is 16.9 Å². The molecule has 0 spiro atoms. The van der Waals surface area contributed by atoms with Crippen LogP contribution in [0, 0.1) is 13.8 Å². The van der Waals surface area contributed by atoms with E-state index in [1.807, 2.05) is 24.0 Å². The van der Waals surface area contributed by atoms with Crippen LogP contribution in [0.5, 0.6) is 5.75 Å². The Morgan fingerprint density at radius 2 is 1.80 bits per heavy atom. The molecular formula is C26H25ClN4O4. The van der Waals surface area contributed by atoms with Crippen molar-refractivity contribution in [1.82, 2.24) is 14.5 Å². The van der Waals surface area contributed by atoms with Crippen molar-refractivity contribution >= 4 is 40.1 Å². The highest BCUT2D eigenvalue weighted by molar-refractivity contribution is 6.30. The van der Waals surface area contributed by atoms with E-state index < -0.39 is 12.1 Å². The van der Waals surface area contributed by atoms with Crippen LogP contribution >= 0.6 is 11.6 Å². The van der Waals surface area contributed by atoms with Crippen LogP contribution in [0.15, 0.2) is 42.7 Å². The number of methoxy groups -OCH3 is 2.